The van der Waals surface area contributed by atoms with E-state index in [1.54, 1.807) is 6.08 Å². The molecule has 4 heteroatoms. The topological polar surface area (TPSA) is 69.6 Å². The van der Waals surface area contributed by atoms with Crippen molar-refractivity contribution in [3.63, 3.8) is 0 Å². The van der Waals surface area contributed by atoms with Gasteiger partial charge in [0.2, 0.25) is 5.91 Å². The normalized spacial score (nSPS) is 13.2. The molecule has 0 fully saturated rings. The number of carbonyl (C=O) groups excluding carboxylic acids is 1. The molecular formula is C69H127NO3. The van der Waals surface area contributed by atoms with Gasteiger partial charge in [-0.05, 0) is 64.2 Å². The number of carbonyl (C=O) groups is 1. The number of allylic oxidation sites excluding steroid dienone is 11. The lowest BCUT2D eigenvalue weighted by Gasteiger charge is -2.20. The Labute approximate surface area is 457 Å². The number of aliphatic hydroxyl groups excluding tert-OH is 2. The summed E-state index contributed by atoms with van der Waals surface area (Å²) in [6.07, 6.45) is 92.5. The molecule has 73 heavy (non-hydrogen) atoms. The molecular weight excluding hydrogens is 891 g/mol. The van der Waals surface area contributed by atoms with Crippen LogP contribution in [0, 0.1) is 0 Å². The molecule has 0 saturated heterocycles. The van der Waals surface area contributed by atoms with Crippen LogP contribution in [0.15, 0.2) is 72.9 Å². The van der Waals surface area contributed by atoms with Gasteiger partial charge in [0, 0.05) is 6.42 Å². The lowest BCUT2D eigenvalue weighted by molar-refractivity contribution is -0.123. The Hall–Kier alpha value is -2.17. The molecule has 0 heterocycles. The van der Waals surface area contributed by atoms with E-state index in [9.17, 15) is 15.0 Å². The van der Waals surface area contributed by atoms with Crippen LogP contribution in [0.4, 0.5) is 0 Å². The van der Waals surface area contributed by atoms with E-state index in [0.29, 0.717) is 6.42 Å². The number of unbranched alkanes of at least 4 members (excludes halogenated alkanes) is 43. The highest BCUT2D eigenvalue weighted by molar-refractivity contribution is 5.76. The zero-order chi connectivity index (χ0) is 52.7. The molecule has 0 bridgehead atoms. The van der Waals surface area contributed by atoms with E-state index in [1.165, 1.54) is 263 Å². The molecule has 426 valence electrons. The van der Waals surface area contributed by atoms with Gasteiger partial charge in [-0.3, -0.25) is 4.79 Å². The molecule has 0 aliphatic rings. The minimum Gasteiger partial charge on any atom is -0.394 e. The van der Waals surface area contributed by atoms with Crippen LogP contribution in [0.2, 0.25) is 0 Å². The Bertz CT molecular complexity index is 1250. The zero-order valence-corrected chi connectivity index (χ0v) is 49.2. The molecule has 2 unspecified atom stereocenters. The van der Waals surface area contributed by atoms with Gasteiger partial charge in [0.1, 0.15) is 0 Å². The lowest BCUT2D eigenvalue weighted by atomic mass is 10.0. The predicted octanol–water partition coefficient (Wildman–Crippen LogP) is 22.1. The van der Waals surface area contributed by atoms with Gasteiger partial charge in [-0.15, -0.1) is 0 Å². The summed E-state index contributed by atoms with van der Waals surface area (Å²) in [6.45, 7) is 4.23. The second-order valence-electron chi connectivity index (χ2n) is 22.2. The van der Waals surface area contributed by atoms with E-state index < -0.39 is 12.1 Å². The smallest absolute Gasteiger partial charge is 0.220 e. The molecule has 0 aliphatic carbocycles. The van der Waals surface area contributed by atoms with Crippen molar-refractivity contribution in [3.8, 4) is 0 Å². The van der Waals surface area contributed by atoms with E-state index in [2.05, 4.69) is 79.9 Å². The van der Waals surface area contributed by atoms with Crippen LogP contribution in [-0.4, -0.2) is 34.9 Å². The second kappa shape index (κ2) is 64.1. The maximum atomic E-state index is 12.5. The maximum Gasteiger partial charge on any atom is 0.220 e. The van der Waals surface area contributed by atoms with Crippen molar-refractivity contribution in [1.82, 2.24) is 5.32 Å². The number of aliphatic hydroxyl groups is 2. The number of rotatable bonds is 60. The Kier molecular flexibility index (Phi) is 62.2. The monoisotopic (exact) mass is 1020 g/mol. The standard InChI is InChI=1S/C69H127NO3/c1-3-5-7-9-11-13-15-17-19-21-23-25-27-29-31-33-35-37-39-41-43-45-47-49-51-53-55-57-59-61-63-65-69(73)70-67(66-71)68(72)64-62-60-58-56-54-52-50-48-46-44-42-40-38-36-34-32-30-28-26-24-22-20-18-16-14-12-10-8-6-4-2/h5,7,11,13,17,19,23,25,29,31,62,64,67-68,71-72H,3-4,6,8-10,12,14-16,18,20-22,24,26-28,30,32-61,63,65-66H2,1-2H3,(H,70,73)/b7-5-,13-11-,19-17-,25-23-,31-29-,64-62+. The summed E-state index contributed by atoms with van der Waals surface area (Å²) in [5, 5.41) is 23.3. The first-order valence-electron chi connectivity index (χ1n) is 32.7. The third kappa shape index (κ3) is 60.6. The van der Waals surface area contributed by atoms with Crippen LogP contribution in [0.25, 0.3) is 0 Å². The summed E-state index contributed by atoms with van der Waals surface area (Å²) >= 11 is 0. The van der Waals surface area contributed by atoms with Crippen molar-refractivity contribution in [2.24, 2.45) is 0 Å². The van der Waals surface area contributed by atoms with Crippen molar-refractivity contribution in [1.29, 1.82) is 0 Å². The fourth-order valence-electron chi connectivity index (χ4n) is 10.0. The van der Waals surface area contributed by atoms with Crippen LogP contribution in [-0.2, 0) is 4.79 Å². The Morgan fingerprint density at radius 1 is 0.342 bits per heavy atom. The average molecular weight is 1020 g/mol. The number of amides is 1. The van der Waals surface area contributed by atoms with E-state index in [0.717, 1.165) is 57.8 Å². The fraction of sp³-hybridized carbons (Fsp3) is 0.812. The average Bonchev–Trinajstić information content (AvgIpc) is 3.40. The molecule has 1 amide bonds. The van der Waals surface area contributed by atoms with Gasteiger partial charge in [-0.1, -0.05) is 344 Å². The Morgan fingerprint density at radius 3 is 0.904 bits per heavy atom. The quantitative estimate of drug-likeness (QED) is 0.0420. The third-order valence-electron chi connectivity index (χ3n) is 14.9. The lowest BCUT2D eigenvalue weighted by Crippen LogP contribution is -2.45. The SMILES string of the molecule is CC/C=C\C/C=C\C/C=C\C/C=C\C/C=C\CCCCCCCCCCCCCCCCCC(=O)NC(CO)C(O)/C=C/CCCCCCCCCCCCCCCCCCCCCCCCCCCCCC. The first kappa shape index (κ1) is 70.8. The molecule has 0 aromatic heterocycles. The molecule has 3 N–H and O–H groups in total. The Balaban J connectivity index is 3.47. The number of nitrogens with one attached hydrogen (secondary N) is 1. The molecule has 2 atom stereocenters. The van der Waals surface area contributed by atoms with Crippen LogP contribution >= 0.6 is 0 Å². The number of hydrogen-bond donors (Lipinski definition) is 3. The van der Waals surface area contributed by atoms with Crippen molar-refractivity contribution >= 4 is 5.91 Å². The molecule has 0 rings (SSSR count). The summed E-state index contributed by atoms with van der Waals surface area (Å²) in [7, 11) is 0. The number of hydrogen-bond acceptors (Lipinski definition) is 3. The Morgan fingerprint density at radius 2 is 0.603 bits per heavy atom. The van der Waals surface area contributed by atoms with E-state index in [1.807, 2.05) is 6.08 Å². The summed E-state index contributed by atoms with van der Waals surface area (Å²) in [4.78, 5) is 12.5. The molecule has 0 aromatic carbocycles. The highest BCUT2D eigenvalue weighted by Gasteiger charge is 2.18. The first-order valence-corrected chi connectivity index (χ1v) is 32.7. The van der Waals surface area contributed by atoms with Crippen molar-refractivity contribution in [2.45, 2.75) is 353 Å². The molecule has 0 aliphatic heterocycles. The molecule has 0 radical (unpaired) electrons. The van der Waals surface area contributed by atoms with Crippen LogP contribution in [0.3, 0.4) is 0 Å². The third-order valence-corrected chi connectivity index (χ3v) is 14.9. The van der Waals surface area contributed by atoms with Gasteiger partial charge in [-0.25, -0.2) is 0 Å². The van der Waals surface area contributed by atoms with Gasteiger partial charge in [0.05, 0.1) is 18.8 Å². The van der Waals surface area contributed by atoms with Crippen LogP contribution in [0.1, 0.15) is 341 Å². The van der Waals surface area contributed by atoms with E-state index in [4.69, 9.17) is 0 Å². The summed E-state index contributed by atoms with van der Waals surface area (Å²) in [5.41, 5.74) is 0. The molecule has 0 aromatic rings. The van der Waals surface area contributed by atoms with Crippen molar-refractivity contribution < 1.29 is 15.0 Å². The first-order chi connectivity index (χ1) is 36.2. The van der Waals surface area contributed by atoms with Gasteiger partial charge >= 0.3 is 0 Å². The minimum atomic E-state index is -0.844. The van der Waals surface area contributed by atoms with Crippen molar-refractivity contribution in [2.75, 3.05) is 6.61 Å². The van der Waals surface area contributed by atoms with Gasteiger partial charge in [0.25, 0.3) is 0 Å². The highest BCUT2D eigenvalue weighted by Crippen LogP contribution is 2.18. The summed E-state index contributed by atoms with van der Waals surface area (Å²) in [6, 6.07) is -0.627. The maximum absolute atomic E-state index is 12.5. The van der Waals surface area contributed by atoms with E-state index >= 15 is 0 Å². The second-order valence-corrected chi connectivity index (χ2v) is 22.2. The molecule has 0 saturated carbocycles. The fourth-order valence-corrected chi connectivity index (χ4v) is 10.0. The van der Waals surface area contributed by atoms with Crippen molar-refractivity contribution in [3.05, 3.63) is 72.9 Å². The molecule has 4 nitrogen and oxygen atoms in total. The van der Waals surface area contributed by atoms with Crippen LogP contribution < -0.4 is 5.32 Å². The van der Waals surface area contributed by atoms with E-state index in [-0.39, 0.29) is 12.5 Å². The van der Waals surface area contributed by atoms with Gasteiger partial charge < -0.3 is 15.5 Å². The van der Waals surface area contributed by atoms with Crippen LogP contribution in [0.5, 0.6) is 0 Å². The van der Waals surface area contributed by atoms with Gasteiger partial charge in [-0.2, -0.15) is 0 Å². The van der Waals surface area contributed by atoms with Gasteiger partial charge in [0.15, 0.2) is 0 Å². The largest absolute Gasteiger partial charge is 0.394 e. The summed E-state index contributed by atoms with van der Waals surface area (Å²) < 4.78 is 0. The zero-order valence-electron chi connectivity index (χ0n) is 49.2. The summed E-state index contributed by atoms with van der Waals surface area (Å²) in [5.74, 6) is -0.0615. The minimum absolute atomic E-state index is 0.0615. The molecule has 0 spiro atoms. The predicted molar refractivity (Wildman–Crippen MR) is 327 cm³/mol. The highest BCUT2D eigenvalue weighted by atomic mass is 16.3.